The van der Waals surface area contributed by atoms with E-state index in [-0.39, 0.29) is 0 Å². The van der Waals surface area contributed by atoms with Gasteiger partial charge in [0.05, 0.1) is 12.2 Å². The van der Waals surface area contributed by atoms with Crippen molar-refractivity contribution < 1.29 is 4.74 Å². The predicted molar refractivity (Wildman–Crippen MR) is 89.3 cm³/mol. The SMILES string of the molecule is CCCCCCCCCCCCCCCC1OC1CC. The lowest BCUT2D eigenvalue weighted by atomic mass is 10.0. The minimum absolute atomic E-state index is 0.618. The summed E-state index contributed by atoms with van der Waals surface area (Å²) >= 11 is 0. The van der Waals surface area contributed by atoms with Crippen molar-refractivity contribution in [3.63, 3.8) is 0 Å². The molecule has 0 aliphatic carbocycles. The van der Waals surface area contributed by atoms with Crippen molar-refractivity contribution in [1.29, 1.82) is 0 Å². The van der Waals surface area contributed by atoms with Crippen molar-refractivity contribution >= 4 is 0 Å². The summed E-state index contributed by atoms with van der Waals surface area (Å²) in [7, 11) is 0. The maximum absolute atomic E-state index is 5.57. The van der Waals surface area contributed by atoms with E-state index in [1.54, 1.807) is 0 Å². The summed E-state index contributed by atoms with van der Waals surface area (Å²) in [6.07, 6.45) is 22.6. The van der Waals surface area contributed by atoms with Crippen molar-refractivity contribution in [2.45, 2.75) is 122 Å². The Labute approximate surface area is 127 Å². The zero-order valence-corrected chi connectivity index (χ0v) is 14.2. The van der Waals surface area contributed by atoms with Crippen molar-refractivity contribution in [2.24, 2.45) is 0 Å². The lowest BCUT2D eigenvalue weighted by Crippen LogP contribution is -1.92. The maximum atomic E-state index is 5.57. The molecule has 1 rings (SSSR count). The van der Waals surface area contributed by atoms with Gasteiger partial charge < -0.3 is 4.74 Å². The summed E-state index contributed by atoms with van der Waals surface area (Å²) in [4.78, 5) is 0. The topological polar surface area (TPSA) is 12.5 Å². The van der Waals surface area contributed by atoms with Crippen LogP contribution in [0, 0.1) is 0 Å². The second-order valence-corrected chi connectivity index (χ2v) is 6.65. The maximum Gasteiger partial charge on any atom is 0.0841 e. The van der Waals surface area contributed by atoms with Gasteiger partial charge in [0, 0.05) is 0 Å². The Morgan fingerprint density at radius 1 is 0.550 bits per heavy atom. The van der Waals surface area contributed by atoms with E-state index < -0.39 is 0 Å². The Morgan fingerprint density at radius 3 is 1.40 bits per heavy atom. The summed E-state index contributed by atoms with van der Waals surface area (Å²) in [5.41, 5.74) is 0. The minimum atomic E-state index is 0.618. The molecular weight excluding hydrogens is 244 g/mol. The molecule has 20 heavy (non-hydrogen) atoms. The van der Waals surface area contributed by atoms with Gasteiger partial charge in [0.15, 0.2) is 0 Å². The first kappa shape index (κ1) is 18.0. The molecule has 1 fully saturated rings. The fraction of sp³-hybridized carbons (Fsp3) is 1.00. The highest BCUT2D eigenvalue weighted by molar-refractivity contribution is 4.82. The third kappa shape index (κ3) is 9.80. The summed E-state index contributed by atoms with van der Waals surface area (Å²) < 4.78 is 5.57. The Hall–Kier alpha value is -0.0400. The number of epoxide rings is 1. The fourth-order valence-corrected chi connectivity index (χ4v) is 3.16. The molecule has 1 heterocycles. The number of unbranched alkanes of at least 4 members (excludes halogenated alkanes) is 12. The highest BCUT2D eigenvalue weighted by Gasteiger charge is 2.35. The molecule has 0 radical (unpaired) electrons. The molecule has 0 aromatic rings. The lowest BCUT2D eigenvalue weighted by Gasteiger charge is -2.02. The number of hydrogen-bond acceptors (Lipinski definition) is 1. The third-order valence-electron chi connectivity index (χ3n) is 4.68. The molecule has 2 unspecified atom stereocenters. The summed E-state index contributed by atoms with van der Waals surface area (Å²) in [6, 6.07) is 0. The van der Waals surface area contributed by atoms with Crippen LogP contribution in [-0.2, 0) is 4.74 Å². The quantitative estimate of drug-likeness (QED) is 0.242. The van der Waals surface area contributed by atoms with Crippen LogP contribution in [0.5, 0.6) is 0 Å². The molecule has 0 spiro atoms. The number of ether oxygens (including phenoxy) is 1. The molecule has 1 aliphatic rings. The van der Waals surface area contributed by atoms with Crippen LogP contribution in [0.4, 0.5) is 0 Å². The molecule has 120 valence electrons. The van der Waals surface area contributed by atoms with Gasteiger partial charge in [-0.15, -0.1) is 0 Å². The largest absolute Gasteiger partial charge is 0.370 e. The minimum Gasteiger partial charge on any atom is -0.370 e. The van der Waals surface area contributed by atoms with E-state index >= 15 is 0 Å². The van der Waals surface area contributed by atoms with Crippen LogP contribution in [0.1, 0.15) is 110 Å². The number of hydrogen-bond donors (Lipinski definition) is 0. The monoisotopic (exact) mass is 282 g/mol. The van der Waals surface area contributed by atoms with Gasteiger partial charge in [0.1, 0.15) is 0 Å². The van der Waals surface area contributed by atoms with E-state index in [4.69, 9.17) is 4.74 Å². The molecule has 0 N–H and O–H groups in total. The van der Waals surface area contributed by atoms with E-state index in [1.807, 2.05) is 0 Å². The molecule has 0 bridgehead atoms. The van der Waals surface area contributed by atoms with Crippen molar-refractivity contribution in [2.75, 3.05) is 0 Å². The van der Waals surface area contributed by atoms with Gasteiger partial charge in [-0.25, -0.2) is 0 Å². The van der Waals surface area contributed by atoms with Crippen LogP contribution < -0.4 is 0 Å². The highest BCUT2D eigenvalue weighted by atomic mass is 16.6. The normalized spacial score (nSPS) is 21.3. The number of rotatable bonds is 15. The van der Waals surface area contributed by atoms with Crippen LogP contribution in [0.3, 0.4) is 0 Å². The standard InChI is InChI=1S/C19H38O/c1-3-5-6-7-8-9-10-11-12-13-14-15-16-17-19-18(4-2)20-19/h18-19H,3-17H2,1-2H3. The van der Waals surface area contributed by atoms with Gasteiger partial charge in [-0.05, 0) is 12.8 Å². The van der Waals surface area contributed by atoms with Gasteiger partial charge in [0.2, 0.25) is 0 Å². The van der Waals surface area contributed by atoms with Crippen LogP contribution in [0.2, 0.25) is 0 Å². The van der Waals surface area contributed by atoms with Gasteiger partial charge in [-0.2, -0.15) is 0 Å². The lowest BCUT2D eigenvalue weighted by molar-refractivity contribution is 0.355. The summed E-state index contributed by atoms with van der Waals surface area (Å²) in [6.45, 7) is 4.52. The molecular formula is C19H38O. The summed E-state index contributed by atoms with van der Waals surface area (Å²) in [5, 5.41) is 0. The molecule has 0 aromatic heterocycles. The van der Waals surface area contributed by atoms with Crippen LogP contribution >= 0.6 is 0 Å². The Balaban J connectivity index is 1.65. The van der Waals surface area contributed by atoms with Crippen molar-refractivity contribution in [3.05, 3.63) is 0 Å². The predicted octanol–water partition coefficient (Wildman–Crippen LogP) is 6.65. The molecule has 1 aliphatic heterocycles. The van der Waals surface area contributed by atoms with Crippen LogP contribution in [0.15, 0.2) is 0 Å². The van der Waals surface area contributed by atoms with Crippen LogP contribution in [0.25, 0.3) is 0 Å². The van der Waals surface area contributed by atoms with E-state index in [0.29, 0.717) is 12.2 Å². The molecule has 2 atom stereocenters. The van der Waals surface area contributed by atoms with E-state index in [1.165, 1.54) is 96.3 Å². The third-order valence-corrected chi connectivity index (χ3v) is 4.68. The first-order chi connectivity index (χ1) is 9.88. The van der Waals surface area contributed by atoms with Crippen LogP contribution in [-0.4, -0.2) is 12.2 Å². The zero-order chi connectivity index (χ0) is 14.5. The van der Waals surface area contributed by atoms with Gasteiger partial charge in [0.25, 0.3) is 0 Å². The zero-order valence-electron chi connectivity index (χ0n) is 14.2. The fourth-order valence-electron chi connectivity index (χ4n) is 3.16. The van der Waals surface area contributed by atoms with E-state index in [9.17, 15) is 0 Å². The molecule has 1 saturated heterocycles. The first-order valence-electron chi connectivity index (χ1n) is 9.54. The average Bonchev–Trinajstić information content (AvgIpc) is 3.22. The second-order valence-electron chi connectivity index (χ2n) is 6.65. The Bertz CT molecular complexity index is 202. The van der Waals surface area contributed by atoms with Crippen molar-refractivity contribution in [1.82, 2.24) is 0 Å². The van der Waals surface area contributed by atoms with Gasteiger partial charge in [-0.3, -0.25) is 0 Å². The second kappa shape index (κ2) is 12.7. The Kier molecular flexibility index (Phi) is 11.4. The molecule has 0 aromatic carbocycles. The molecule has 0 amide bonds. The molecule has 1 nitrogen and oxygen atoms in total. The van der Waals surface area contributed by atoms with E-state index in [0.717, 1.165) is 0 Å². The first-order valence-corrected chi connectivity index (χ1v) is 9.54. The van der Waals surface area contributed by atoms with Crippen molar-refractivity contribution in [3.8, 4) is 0 Å². The van der Waals surface area contributed by atoms with Gasteiger partial charge >= 0.3 is 0 Å². The smallest absolute Gasteiger partial charge is 0.0841 e. The Morgan fingerprint density at radius 2 is 1.00 bits per heavy atom. The molecule has 1 heteroatoms. The van der Waals surface area contributed by atoms with E-state index in [2.05, 4.69) is 13.8 Å². The highest BCUT2D eigenvalue weighted by Crippen LogP contribution is 2.29. The van der Waals surface area contributed by atoms with Gasteiger partial charge in [-0.1, -0.05) is 97.3 Å². The summed E-state index contributed by atoms with van der Waals surface area (Å²) in [5.74, 6) is 0. The average molecular weight is 283 g/mol. The molecule has 0 saturated carbocycles.